The Kier molecular flexibility index (Phi) is 7.50. The Morgan fingerprint density at radius 2 is 1.43 bits per heavy atom. The molecule has 21 heavy (non-hydrogen) atoms. The maximum absolute atomic E-state index is 9.48. The van der Waals surface area contributed by atoms with E-state index in [-0.39, 0.29) is 0 Å². The molecule has 0 amide bonds. The monoisotopic (exact) mass is 323 g/mol. The first kappa shape index (κ1) is 17.8. The molecule has 0 heterocycles. The fourth-order valence-electron chi connectivity index (χ4n) is 1.58. The highest BCUT2D eigenvalue weighted by Gasteiger charge is 2.04. The zero-order valence-corrected chi connectivity index (χ0v) is 14.3. The van der Waals surface area contributed by atoms with E-state index in [1.54, 1.807) is 27.7 Å². The molecule has 0 aliphatic heterocycles. The summed E-state index contributed by atoms with van der Waals surface area (Å²) in [7, 11) is 3.31. The second-order valence-electron chi connectivity index (χ2n) is 4.16. The Hall–Kier alpha value is -1.30. The van der Waals surface area contributed by atoms with Gasteiger partial charge in [0.05, 0.1) is 0 Å². The molecule has 0 aliphatic rings. The predicted molar refractivity (Wildman–Crippen MR) is 91.9 cm³/mol. The van der Waals surface area contributed by atoms with Crippen LogP contribution in [0.15, 0.2) is 46.2 Å². The van der Waals surface area contributed by atoms with Crippen LogP contribution in [0.4, 0.5) is 0 Å². The van der Waals surface area contributed by atoms with Crippen molar-refractivity contribution in [1.29, 1.82) is 0 Å². The van der Waals surface area contributed by atoms with Crippen molar-refractivity contribution in [3.8, 4) is 11.5 Å². The quantitative estimate of drug-likeness (QED) is 0.606. The lowest BCUT2D eigenvalue weighted by Gasteiger charge is -2.07. The highest BCUT2D eigenvalue weighted by Crippen LogP contribution is 2.39. The van der Waals surface area contributed by atoms with Crippen molar-refractivity contribution in [2.75, 3.05) is 0 Å². The van der Waals surface area contributed by atoms with Gasteiger partial charge in [-0.3, -0.25) is 0 Å². The van der Waals surface area contributed by atoms with Gasteiger partial charge in [0, 0.05) is 9.79 Å². The Morgan fingerprint density at radius 3 is 1.90 bits per heavy atom. The zero-order valence-electron chi connectivity index (χ0n) is 12.7. The SMILES string of the molecule is CC.Cc1cc(SSc2ccc(ON)c(C)c2)ccc1O. The molecule has 0 unspecified atom stereocenters. The summed E-state index contributed by atoms with van der Waals surface area (Å²) in [6, 6.07) is 11.5. The molecule has 2 rings (SSSR count). The van der Waals surface area contributed by atoms with Crippen molar-refractivity contribution in [2.45, 2.75) is 37.5 Å². The third kappa shape index (κ3) is 5.19. The normalized spacial score (nSPS) is 9.76. The smallest absolute Gasteiger partial charge is 0.149 e. The number of phenols is 1. The standard InChI is InChI=1S/C14H15NO2S2.C2H6/c1-9-7-11(3-5-13(9)16)18-19-12-4-6-14(17-15)10(2)8-12;1-2/h3-8,16H,15H2,1-2H3;1-2H3. The van der Waals surface area contributed by atoms with Gasteiger partial charge >= 0.3 is 0 Å². The van der Waals surface area contributed by atoms with Gasteiger partial charge in [-0.05, 0) is 61.4 Å². The number of nitrogens with two attached hydrogens (primary N) is 1. The molecule has 3 nitrogen and oxygen atoms in total. The van der Waals surface area contributed by atoms with Gasteiger partial charge in [-0.25, -0.2) is 0 Å². The van der Waals surface area contributed by atoms with Gasteiger partial charge < -0.3 is 9.94 Å². The number of phenolic OH excluding ortho intramolecular Hbond substituents is 1. The summed E-state index contributed by atoms with van der Waals surface area (Å²) in [4.78, 5) is 6.99. The van der Waals surface area contributed by atoms with E-state index in [2.05, 4.69) is 0 Å². The average Bonchev–Trinajstić information content (AvgIpc) is 2.50. The van der Waals surface area contributed by atoms with Crippen LogP contribution in [0, 0.1) is 13.8 Å². The van der Waals surface area contributed by atoms with E-state index in [0.717, 1.165) is 20.9 Å². The highest BCUT2D eigenvalue weighted by molar-refractivity contribution is 8.76. The fourth-order valence-corrected chi connectivity index (χ4v) is 3.67. The van der Waals surface area contributed by atoms with Gasteiger partial charge in [-0.1, -0.05) is 35.4 Å². The molecule has 114 valence electrons. The summed E-state index contributed by atoms with van der Waals surface area (Å²) < 4.78 is 0. The van der Waals surface area contributed by atoms with Gasteiger partial charge in [0.15, 0.2) is 0 Å². The minimum Gasteiger partial charge on any atom is -0.508 e. The van der Waals surface area contributed by atoms with Gasteiger partial charge in [-0.2, -0.15) is 5.90 Å². The third-order valence-electron chi connectivity index (χ3n) is 2.68. The molecule has 0 spiro atoms. The van der Waals surface area contributed by atoms with Crippen LogP contribution in [0.5, 0.6) is 11.5 Å². The predicted octanol–water partition coefficient (Wildman–Crippen LogP) is 5.09. The molecular formula is C16H21NO2S2. The van der Waals surface area contributed by atoms with Crippen LogP contribution in [-0.4, -0.2) is 5.11 Å². The molecule has 0 fully saturated rings. The highest BCUT2D eigenvalue weighted by atomic mass is 33.1. The molecule has 3 N–H and O–H groups in total. The Bertz CT molecular complexity index is 588. The minimum absolute atomic E-state index is 0.328. The summed E-state index contributed by atoms with van der Waals surface area (Å²) in [5, 5.41) is 9.48. The van der Waals surface area contributed by atoms with Crippen molar-refractivity contribution in [1.82, 2.24) is 0 Å². The molecule has 0 saturated carbocycles. The zero-order chi connectivity index (χ0) is 15.8. The van der Waals surface area contributed by atoms with Crippen molar-refractivity contribution in [3.63, 3.8) is 0 Å². The number of aromatic hydroxyl groups is 1. The van der Waals surface area contributed by atoms with Gasteiger partial charge in [0.2, 0.25) is 0 Å². The molecule has 0 atom stereocenters. The van der Waals surface area contributed by atoms with Crippen molar-refractivity contribution < 1.29 is 9.94 Å². The van der Waals surface area contributed by atoms with Gasteiger partial charge in [0.25, 0.3) is 0 Å². The first-order chi connectivity index (χ1) is 10.1. The second-order valence-corrected chi connectivity index (χ2v) is 6.44. The first-order valence-corrected chi connectivity index (χ1v) is 8.86. The number of rotatable bonds is 4. The summed E-state index contributed by atoms with van der Waals surface area (Å²) in [6.07, 6.45) is 0. The molecule has 2 aromatic carbocycles. The molecular weight excluding hydrogens is 302 g/mol. The van der Waals surface area contributed by atoms with E-state index < -0.39 is 0 Å². The van der Waals surface area contributed by atoms with Crippen molar-refractivity contribution in [3.05, 3.63) is 47.5 Å². The average molecular weight is 323 g/mol. The maximum atomic E-state index is 9.48. The number of hydrogen-bond acceptors (Lipinski definition) is 5. The molecule has 0 bridgehead atoms. The number of benzene rings is 2. The summed E-state index contributed by atoms with van der Waals surface area (Å²) in [6.45, 7) is 7.85. The molecule has 0 saturated heterocycles. The lowest BCUT2D eigenvalue weighted by Crippen LogP contribution is -2.02. The van der Waals surface area contributed by atoms with Gasteiger partial charge in [-0.15, -0.1) is 0 Å². The number of hydrogen-bond donors (Lipinski definition) is 2. The molecule has 0 aromatic heterocycles. The minimum atomic E-state index is 0.328. The largest absolute Gasteiger partial charge is 0.508 e. The van der Waals surface area contributed by atoms with Crippen LogP contribution < -0.4 is 10.7 Å². The van der Waals surface area contributed by atoms with E-state index >= 15 is 0 Å². The van der Waals surface area contributed by atoms with E-state index in [4.69, 9.17) is 10.7 Å². The fraction of sp³-hybridized carbons (Fsp3) is 0.250. The molecule has 0 aliphatic carbocycles. The van der Waals surface area contributed by atoms with E-state index in [1.165, 1.54) is 0 Å². The summed E-state index contributed by atoms with van der Waals surface area (Å²) >= 11 is 0. The molecule has 5 heteroatoms. The van der Waals surface area contributed by atoms with Crippen LogP contribution in [0.3, 0.4) is 0 Å². The molecule has 0 radical (unpaired) electrons. The summed E-state index contributed by atoms with van der Waals surface area (Å²) in [5.74, 6) is 6.18. The number of aryl methyl sites for hydroxylation is 2. The van der Waals surface area contributed by atoms with Crippen LogP contribution in [0.2, 0.25) is 0 Å². The lowest BCUT2D eigenvalue weighted by atomic mass is 10.2. The van der Waals surface area contributed by atoms with Crippen molar-refractivity contribution in [2.24, 2.45) is 5.90 Å². The van der Waals surface area contributed by atoms with Crippen molar-refractivity contribution >= 4 is 21.6 Å². The third-order valence-corrected chi connectivity index (χ3v) is 5.06. The Balaban J connectivity index is 0.00000106. The van der Waals surface area contributed by atoms with Crippen LogP contribution in [-0.2, 0) is 0 Å². The van der Waals surface area contributed by atoms with Crippen LogP contribution in [0.25, 0.3) is 0 Å². The van der Waals surface area contributed by atoms with E-state index in [0.29, 0.717) is 11.5 Å². The van der Waals surface area contributed by atoms with E-state index in [9.17, 15) is 5.11 Å². The van der Waals surface area contributed by atoms with E-state index in [1.807, 2.05) is 58.0 Å². The Labute approximate surface area is 134 Å². The summed E-state index contributed by atoms with van der Waals surface area (Å²) in [5.41, 5.74) is 1.89. The first-order valence-electron chi connectivity index (χ1n) is 6.71. The second kappa shape index (κ2) is 8.87. The topological polar surface area (TPSA) is 55.5 Å². The maximum Gasteiger partial charge on any atom is 0.149 e. The van der Waals surface area contributed by atoms with Crippen LogP contribution in [0.1, 0.15) is 25.0 Å². The lowest BCUT2D eigenvalue weighted by molar-refractivity contribution is 0.332. The van der Waals surface area contributed by atoms with Gasteiger partial charge in [0.1, 0.15) is 11.5 Å². The Morgan fingerprint density at radius 1 is 0.905 bits per heavy atom. The van der Waals surface area contributed by atoms with Crippen LogP contribution >= 0.6 is 21.6 Å². The molecule has 2 aromatic rings.